The van der Waals surface area contributed by atoms with Gasteiger partial charge >= 0.3 is 5.69 Å². The molecular formula is C10H15N5O3. The van der Waals surface area contributed by atoms with Crippen molar-refractivity contribution in [1.29, 1.82) is 0 Å². The van der Waals surface area contributed by atoms with Crippen LogP contribution in [0.3, 0.4) is 0 Å². The van der Waals surface area contributed by atoms with E-state index in [1.165, 1.54) is 12.1 Å². The molecule has 0 radical (unpaired) electrons. The maximum absolute atomic E-state index is 11.5. The lowest BCUT2D eigenvalue weighted by Crippen LogP contribution is -2.37. The van der Waals surface area contributed by atoms with E-state index < -0.39 is 11.0 Å². The van der Waals surface area contributed by atoms with Crippen molar-refractivity contribution in [1.82, 2.24) is 10.3 Å². The molecule has 18 heavy (non-hydrogen) atoms. The van der Waals surface area contributed by atoms with E-state index in [1.54, 1.807) is 13.8 Å². The summed E-state index contributed by atoms with van der Waals surface area (Å²) in [5, 5.41) is 16.1. The lowest BCUT2D eigenvalue weighted by molar-refractivity contribution is -0.384. The van der Waals surface area contributed by atoms with Gasteiger partial charge in [-0.3, -0.25) is 14.9 Å². The number of nitro groups is 1. The quantitative estimate of drug-likeness (QED) is 0.519. The third-order valence-corrected chi connectivity index (χ3v) is 2.19. The van der Waals surface area contributed by atoms with Crippen LogP contribution >= 0.6 is 0 Å². The van der Waals surface area contributed by atoms with E-state index in [0.717, 1.165) is 0 Å². The molecule has 4 N–H and O–H groups in total. The fraction of sp³-hybridized carbons (Fsp3) is 0.400. The third kappa shape index (κ3) is 3.30. The maximum atomic E-state index is 11.5. The van der Waals surface area contributed by atoms with Crippen LogP contribution in [0.25, 0.3) is 0 Å². The molecule has 0 bridgehead atoms. The number of amides is 1. The van der Waals surface area contributed by atoms with Crippen molar-refractivity contribution in [3.63, 3.8) is 0 Å². The second-order valence-electron chi connectivity index (χ2n) is 3.62. The smallest absolute Gasteiger partial charge is 0.311 e. The number of hydrogen-bond acceptors (Lipinski definition) is 6. The zero-order valence-corrected chi connectivity index (χ0v) is 10.1. The molecule has 0 aromatic carbocycles. The Bertz CT molecular complexity index is 463. The van der Waals surface area contributed by atoms with Gasteiger partial charge in [-0.25, -0.2) is 4.98 Å². The molecule has 1 aromatic rings. The largest absolute Gasteiger partial charge is 0.384 e. The van der Waals surface area contributed by atoms with Crippen molar-refractivity contribution < 1.29 is 9.72 Å². The number of carbonyl (C=O) groups is 1. The highest BCUT2D eigenvalue weighted by Crippen LogP contribution is 2.23. The number of rotatable bonds is 5. The molecule has 1 rings (SSSR count). The molecule has 1 heterocycles. The minimum absolute atomic E-state index is 0.0150. The second kappa shape index (κ2) is 5.80. The Balaban J connectivity index is 2.92. The van der Waals surface area contributed by atoms with E-state index in [-0.39, 0.29) is 23.2 Å². The Labute approximate surface area is 104 Å². The topological polar surface area (TPSA) is 123 Å². The first-order valence-electron chi connectivity index (χ1n) is 5.40. The van der Waals surface area contributed by atoms with Gasteiger partial charge in [0.1, 0.15) is 11.9 Å². The summed E-state index contributed by atoms with van der Waals surface area (Å²) in [5.74, 6) is -0.138. The Morgan fingerprint density at radius 2 is 2.28 bits per heavy atom. The Hall–Kier alpha value is -2.38. The summed E-state index contributed by atoms with van der Waals surface area (Å²) in [5.41, 5.74) is 5.24. The fourth-order valence-electron chi connectivity index (χ4n) is 1.32. The van der Waals surface area contributed by atoms with Crippen LogP contribution in [-0.4, -0.2) is 28.4 Å². The molecule has 1 atom stereocenters. The Morgan fingerprint density at radius 3 is 2.83 bits per heavy atom. The summed E-state index contributed by atoms with van der Waals surface area (Å²) in [6.45, 7) is 3.85. The van der Waals surface area contributed by atoms with Crippen LogP contribution in [-0.2, 0) is 4.79 Å². The van der Waals surface area contributed by atoms with Crippen molar-refractivity contribution >= 4 is 23.2 Å². The molecule has 98 valence electrons. The van der Waals surface area contributed by atoms with Crippen LogP contribution in [0.15, 0.2) is 12.1 Å². The van der Waals surface area contributed by atoms with E-state index in [4.69, 9.17) is 5.73 Å². The van der Waals surface area contributed by atoms with Crippen LogP contribution in [0.5, 0.6) is 0 Å². The summed E-state index contributed by atoms with van der Waals surface area (Å²) in [7, 11) is 0. The predicted octanol–water partition coefficient (Wildman–Crippen LogP) is 0.508. The Kier molecular flexibility index (Phi) is 4.41. The highest BCUT2D eigenvalue weighted by atomic mass is 16.6. The minimum Gasteiger partial charge on any atom is -0.384 e. The third-order valence-electron chi connectivity index (χ3n) is 2.19. The van der Waals surface area contributed by atoms with Crippen molar-refractivity contribution in [3.05, 3.63) is 22.2 Å². The summed E-state index contributed by atoms with van der Waals surface area (Å²) in [6, 6.07) is 1.94. The number of nitrogens with two attached hydrogens (primary N) is 1. The maximum Gasteiger partial charge on any atom is 0.311 e. The second-order valence-corrected chi connectivity index (χ2v) is 3.62. The molecule has 0 spiro atoms. The Morgan fingerprint density at radius 1 is 1.61 bits per heavy atom. The number of nitrogens with one attached hydrogen (secondary N) is 2. The van der Waals surface area contributed by atoms with Gasteiger partial charge < -0.3 is 16.4 Å². The molecule has 0 saturated heterocycles. The lowest BCUT2D eigenvalue weighted by Gasteiger charge is -2.13. The number of anilines is 2. The van der Waals surface area contributed by atoms with Gasteiger partial charge in [0.25, 0.3) is 0 Å². The van der Waals surface area contributed by atoms with Crippen molar-refractivity contribution in [2.24, 2.45) is 0 Å². The van der Waals surface area contributed by atoms with Gasteiger partial charge in [0, 0.05) is 12.6 Å². The molecule has 1 amide bonds. The van der Waals surface area contributed by atoms with Crippen LogP contribution < -0.4 is 16.4 Å². The monoisotopic (exact) mass is 253 g/mol. The zero-order chi connectivity index (χ0) is 13.7. The number of nitrogens with zero attached hydrogens (tertiary/aromatic N) is 2. The zero-order valence-electron chi connectivity index (χ0n) is 10.1. The number of carbonyl (C=O) groups excluding carboxylic acids is 1. The number of likely N-dealkylation sites (N-methyl/N-ethyl adjacent to an activating group) is 1. The summed E-state index contributed by atoms with van der Waals surface area (Å²) in [6.07, 6.45) is 0. The van der Waals surface area contributed by atoms with Gasteiger partial charge in [0.2, 0.25) is 11.7 Å². The van der Waals surface area contributed by atoms with Gasteiger partial charge in [-0.2, -0.15) is 0 Å². The molecule has 1 aromatic heterocycles. The molecular weight excluding hydrogens is 238 g/mol. The standard InChI is InChI=1S/C10H15N5O3/c1-3-12-10(16)6(2)13-9-7(15(17)18)4-5-8(11)14-9/h4-6H,3H2,1-2H3,(H,12,16)(H3,11,13,14). The van der Waals surface area contributed by atoms with Crippen molar-refractivity contribution in [2.75, 3.05) is 17.6 Å². The average molecular weight is 253 g/mol. The molecule has 8 heteroatoms. The fourth-order valence-corrected chi connectivity index (χ4v) is 1.32. The van der Waals surface area contributed by atoms with E-state index in [9.17, 15) is 14.9 Å². The SMILES string of the molecule is CCNC(=O)C(C)Nc1nc(N)ccc1[N+](=O)[O-]. The van der Waals surface area contributed by atoms with Gasteiger partial charge in [0.15, 0.2) is 0 Å². The normalized spacial score (nSPS) is 11.7. The first kappa shape index (κ1) is 13.7. The van der Waals surface area contributed by atoms with Gasteiger partial charge in [0.05, 0.1) is 4.92 Å². The average Bonchev–Trinajstić information content (AvgIpc) is 2.28. The molecule has 1 unspecified atom stereocenters. The molecule has 0 fully saturated rings. The number of aromatic nitrogens is 1. The van der Waals surface area contributed by atoms with Crippen molar-refractivity contribution in [3.8, 4) is 0 Å². The van der Waals surface area contributed by atoms with Crippen LogP contribution in [0.1, 0.15) is 13.8 Å². The molecule has 8 nitrogen and oxygen atoms in total. The van der Waals surface area contributed by atoms with Crippen LogP contribution in [0.4, 0.5) is 17.3 Å². The molecule has 0 aliphatic rings. The van der Waals surface area contributed by atoms with Crippen molar-refractivity contribution in [2.45, 2.75) is 19.9 Å². The van der Waals surface area contributed by atoms with Crippen LogP contribution in [0.2, 0.25) is 0 Å². The van der Waals surface area contributed by atoms with E-state index in [1.807, 2.05) is 0 Å². The predicted molar refractivity (Wildman–Crippen MR) is 67.1 cm³/mol. The van der Waals surface area contributed by atoms with E-state index >= 15 is 0 Å². The minimum atomic E-state index is -0.641. The van der Waals surface area contributed by atoms with Gasteiger partial charge in [-0.05, 0) is 19.9 Å². The number of hydrogen-bond donors (Lipinski definition) is 3. The van der Waals surface area contributed by atoms with E-state index in [2.05, 4.69) is 15.6 Å². The number of nitrogen functional groups attached to an aromatic ring is 1. The van der Waals surface area contributed by atoms with E-state index in [0.29, 0.717) is 6.54 Å². The van der Waals surface area contributed by atoms with Gasteiger partial charge in [-0.1, -0.05) is 0 Å². The molecule has 0 aliphatic carbocycles. The highest BCUT2D eigenvalue weighted by Gasteiger charge is 2.20. The summed E-state index contributed by atoms with van der Waals surface area (Å²) >= 11 is 0. The highest BCUT2D eigenvalue weighted by molar-refractivity contribution is 5.84. The van der Waals surface area contributed by atoms with Crippen LogP contribution in [0, 0.1) is 10.1 Å². The lowest BCUT2D eigenvalue weighted by atomic mass is 10.3. The summed E-state index contributed by atoms with van der Waals surface area (Å²) in [4.78, 5) is 25.5. The molecule has 0 aliphatic heterocycles. The number of pyridine rings is 1. The molecule has 0 saturated carbocycles. The summed E-state index contributed by atoms with van der Waals surface area (Å²) < 4.78 is 0. The first-order chi connectivity index (χ1) is 8.45. The first-order valence-corrected chi connectivity index (χ1v) is 5.40. The van der Waals surface area contributed by atoms with Gasteiger partial charge in [-0.15, -0.1) is 0 Å².